The largest absolute Gasteiger partial charge is 0.360 e. The number of hydrogen-bond donors (Lipinski definition) is 2. The van der Waals surface area contributed by atoms with Gasteiger partial charge < -0.3 is 15.2 Å². The lowest BCUT2D eigenvalue weighted by molar-refractivity contribution is -0.113. The van der Waals surface area contributed by atoms with Crippen LogP contribution in [0.5, 0.6) is 0 Å². The Morgan fingerprint density at radius 3 is 2.62 bits per heavy atom. The van der Waals surface area contributed by atoms with E-state index in [1.807, 2.05) is 6.92 Å². The summed E-state index contributed by atoms with van der Waals surface area (Å²) in [4.78, 5) is 26.9. The third-order valence-corrected chi connectivity index (χ3v) is 4.48. The molecule has 1 unspecified atom stereocenters. The molecule has 0 saturated heterocycles. The number of benzene rings is 1. The van der Waals surface area contributed by atoms with Crippen molar-refractivity contribution in [1.29, 1.82) is 0 Å². The van der Waals surface area contributed by atoms with E-state index in [9.17, 15) is 9.59 Å². The number of aryl methyl sites for hydroxylation is 1. The number of carbonyl (C=O) groups excluding carboxylic acids is 2. The first-order valence-corrected chi connectivity index (χ1v) is 8.57. The molecule has 3 rings (SSSR count). The molecule has 136 valence electrons. The second-order valence-electron chi connectivity index (χ2n) is 5.95. The molecule has 0 spiro atoms. The van der Waals surface area contributed by atoms with E-state index in [-0.39, 0.29) is 11.9 Å². The van der Waals surface area contributed by atoms with Gasteiger partial charge in [0.25, 0.3) is 5.91 Å². The molecule has 0 bridgehead atoms. The summed E-state index contributed by atoms with van der Waals surface area (Å²) in [7, 11) is 0. The van der Waals surface area contributed by atoms with Crippen LogP contribution in [0.25, 0.3) is 0 Å². The van der Waals surface area contributed by atoms with E-state index >= 15 is 0 Å². The van der Waals surface area contributed by atoms with Gasteiger partial charge in [-0.25, -0.2) is 4.79 Å². The molecular formula is C18H19ClN4O3. The Morgan fingerprint density at radius 1 is 1.35 bits per heavy atom. The van der Waals surface area contributed by atoms with Crippen LogP contribution in [0.3, 0.4) is 0 Å². The Bertz CT molecular complexity index is 873. The predicted molar refractivity (Wildman–Crippen MR) is 97.7 cm³/mol. The number of hydrogen-bond acceptors (Lipinski definition) is 4. The molecule has 1 aromatic heterocycles. The normalized spacial score (nSPS) is 17.3. The first-order valence-electron chi connectivity index (χ1n) is 8.19. The van der Waals surface area contributed by atoms with Crippen LogP contribution in [0.2, 0.25) is 5.02 Å². The highest BCUT2D eigenvalue weighted by atomic mass is 35.5. The topological polar surface area (TPSA) is 87.5 Å². The molecular weight excluding hydrogens is 356 g/mol. The maximum absolute atomic E-state index is 13.0. The summed E-state index contributed by atoms with van der Waals surface area (Å²) in [6.45, 7) is 5.80. The fourth-order valence-corrected chi connectivity index (χ4v) is 3.10. The molecule has 1 aliphatic heterocycles. The van der Waals surface area contributed by atoms with Gasteiger partial charge in [-0.3, -0.25) is 9.69 Å². The van der Waals surface area contributed by atoms with Crippen molar-refractivity contribution in [2.24, 2.45) is 0 Å². The Hall–Kier alpha value is -2.80. The summed E-state index contributed by atoms with van der Waals surface area (Å²) in [6.07, 6.45) is 0. The first kappa shape index (κ1) is 18.0. The van der Waals surface area contributed by atoms with Crippen LogP contribution in [0.4, 0.5) is 10.6 Å². The standard InChI is InChI=1S/C18H19ClN4O3/c1-4-23-11(3)15(17(24)20-14-9-10(2)26-22-14)16(21-18(23)25)12-5-7-13(19)8-6-12/h5-9,16H,4H2,1-3H3,(H,21,25)(H,20,22,24). The highest BCUT2D eigenvalue weighted by Gasteiger charge is 2.35. The number of rotatable bonds is 4. The highest BCUT2D eigenvalue weighted by Crippen LogP contribution is 2.31. The molecule has 2 aromatic rings. The van der Waals surface area contributed by atoms with E-state index in [0.717, 1.165) is 5.56 Å². The van der Waals surface area contributed by atoms with Gasteiger partial charge in [0, 0.05) is 23.3 Å². The minimum Gasteiger partial charge on any atom is -0.360 e. The van der Waals surface area contributed by atoms with Crippen molar-refractivity contribution in [3.63, 3.8) is 0 Å². The van der Waals surface area contributed by atoms with Gasteiger partial charge in [0.15, 0.2) is 5.82 Å². The average molecular weight is 375 g/mol. The van der Waals surface area contributed by atoms with E-state index < -0.39 is 6.04 Å². The number of amides is 3. The van der Waals surface area contributed by atoms with Gasteiger partial charge in [-0.1, -0.05) is 28.9 Å². The van der Waals surface area contributed by atoms with Crippen LogP contribution in [-0.2, 0) is 4.79 Å². The van der Waals surface area contributed by atoms with E-state index in [1.54, 1.807) is 44.2 Å². The van der Waals surface area contributed by atoms with Gasteiger partial charge in [0.05, 0.1) is 11.6 Å². The molecule has 0 fully saturated rings. The Kier molecular flexibility index (Phi) is 4.99. The maximum atomic E-state index is 13.0. The second kappa shape index (κ2) is 7.21. The van der Waals surface area contributed by atoms with E-state index in [2.05, 4.69) is 15.8 Å². The number of nitrogens with one attached hydrogen (secondary N) is 2. The van der Waals surface area contributed by atoms with Crippen molar-refractivity contribution in [3.05, 3.63) is 57.9 Å². The lowest BCUT2D eigenvalue weighted by Crippen LogP contribution is -2.48. The van der Waals surface area contributed by atoms with Crippen LogP contribution in [0.15, 0.2) is 46.1 Å². The second-order valence-corrected chi connectivity index (χ2v) is 6.39. The van der Waals surface area contributed by atoms with E-state index in [1.165, 1.54) is 4.90 Å². The van der Waals surface area contributed by atoms with Gasteiger partial charge in [-0.2, -0.15) is 0 Å². The van der Waals surface area contributed by atoms with Crippen molar-refractivity contribution in [2.45, 2.75) is 26.8 Å². The number of aromatic nitrogens is 1. The number of carbonyl (C=O) groups is 2. The summed E-state index contributed by atoms with van der Waals surface area (Å²) in [5, 5.41) is 9.99. The highest BCUT2D eigenvalue weighted by molar-refractivity contribution is 6.30. The van der Waals surface area contributed by atoms with Crippen molar-refractivity contribution in [3.8, 4) is 0 Å². The Labute approximate surface area is 156 Å². The van der Waals surface area contributed by atoms with Gasteiger partial charge in [0.1, 0.15) is 5.76 Å². The summed E-state index contributed by atoms with van der Waals surface area (Å²) >= 11 is 5.96. The Balaban J connectivity index is 2.01. The monoisotopic (exact) mass is 374 g/mol. The molecule has 1 aliphatic rings. The number of urea groups is 1. The van der Waals surface area contributed by atoms with Crippen molar-refractivity contribution in [1.82, 2.24) is 15.4 Å². The van der Waals surface area contributed by atoms with E-state index in [0.29, 0.717) is 34.4 Å². The third-order valence-electron chi connectivity index (χ3n) is 4.23. The van der Waals surface area contributed by atoms with Gasteiger partial charge in [-0.05, 0) is 38.5 Å². The van der Waals surface area contributed by atoms with Crippen LogP contribution in [-0.4, -0.2) is 28.5 Å². The zero-order valence-corrected chi connectivity index (χ0v) is 15.4. The molecule has 0 aliphatic carbocycles. The van der Waals surface area contributed by atoms with Crippen molar-refractivity contribution < 1.29 is 14.1 Å². The van der Waals surface area contributed by atoms with Crippen LogP contribution < -0.4 is 10.6 Å². The maximum Gasteiger partial charge on any atom is 0.322 e. The van der Waals surface area contributed by atoms with Crippen LogP contribution in [0, 0.1) is 6.92 Å². The predicted octanol–water partition coefficient (Wildman–Crippen LogP) is 3.64. The van der Waals surface area contributed by atoms with Crippen LogP contribution in [0.1, 0.15) is 31.2 Å². The van der Waals surface area contributed by atoms with Gasteiger partial charge >= 0.3 is 6.03 Å². The summed E-state index contributed by atoms with van der Waals surface area (Å²) in [5.41, 5.74) is 1.79. The van der Waals surface area contributed by atoms with Crippen LogP contribution >= 0.6 is 11.6 Å². The number of allylic oxidation sites excluding steroid dienone is 1. The molecule has 1 aromatic carbocycles. The summed E-state index contributed by atoms with van der Waals surface area (Å²) in [6, 6.07) is 7.81. The summed E-state index contributed by atoms with van der Waals surface area (Å²) in [5.74, 6) is 0.559. The van der Waals surface area contributed by atoms with Gasteiger partial charge in [-0.15, -0.1) is 0 Å². The molecule has 2 N–H and O–H groups in total. The molecule has 0 radical (unpaired) electrons. The quantitative estimate of drug-likeness (QED) is 0.855. The van der Waals surface area contributed by atoms with E-state index in [4.69, 9.17) is 16.1 Å². The van der Waals surface area contributed by atoms with Crippen molar-refractivity contribution >= 4 is 29.4 Å². The first-order chi connectivity index (χ1) is 12.4. The average Bonchev–Trinajstić information content (AvgIpc) is 3.00. The number of anilines is 1. The molecule has 7 nitrogen and oxygen atoms in total. The minimum atomic E-state index is -0.587. The third kappa shape index (κ3) is 3.43. The smallest absolute Gasteiger partial charge is 0.322 e. The summed E-state index contributed by atoms with van der Waals surface area (Å²) < 4.78 is 4.99. The fraction of sp³-hybridized carbons (Fsp3) is 0.278. The molecule has 0 saturated carbocycles. The molecule has 8 heteroatoms. The minimum absolute atomic E-state index is 0.251. The lowest BCUT2D eigenvalue weighted by Gasteiger charge is -2.35. The Morgan fingerprint density at radius 2 is 2.04 bits per heavy atom. The zero-order valence-electron chi connectivity index (χ0n) is 14.7. The number of nitrogens with zero attached hydrogens (tertiary/aromatic N) is 2. The molecule has 2 heterocycles. The zero-order chi connectivity index (χ0) is 18.8. The SMILES string of the molecule is CCN1C(=O)NC(c2ccc(Cl)cc2)C(C(=O)Nc2cc(C)on2)=C1C. The van der Waals surface area contributed by atoms with Gasteiger partial charge in [0.2, 0.25) is 0 Å². The molecule has 3 amide bonds. The lowest BCUT2D eigenvalue weighted by atomic mass is 9.94. The van der Waals surface area contributed by atoms with Crippen molar-refractivity contribution in [2.75, 3.05) is 11.9 Å². The molecule has 26 heavy (non-hydrogen) atoms. The molecule has 1 atom stereocenters. The fourth-order valence-electron chi connectivity index (χ4n) is 2.97. The number of halogens is 1.